The second-order valence-corrected chi connectivity index (χ2v) is 27.2. The van der Waals surface area contributed by atoms with Crippen LogP contribution >= 0.6 is 0 Å². The molecule has 21 aromatic rings. The smallest absolute Gasteiger partial charge is 0.182 e. The Hall–Kier alpha value is -15.1. The molecule has 0 aliphatic heterocycles. The van der Waals surface area contributed by atoms with Gasteiger partial charge in [-0.25, -0.2) is 54.8 Å². The van der Waals surface area contributed by atoms with E-state index in [0.717, 1.165) is 144 Å². The van der Waals surface area contributed by atoms with Crippen molar-refractivity contribution in [3.63, 3.8) is 0 Å². The highest BCUT2D eigenvalue weighted by molar-refractivity contribution is 6.14. The zero-order chi connectivity index (χ0) is 72.9. The molecule has 21 rings (SSSR count). The van der Waals surface area contributed by atoms with Crippen LogP contribution in [0, 0.1) is 0 Å². The molecule has 0 unspecified atom stereocenters. The van der Waals surface area contributed by atoms with E-state index in [1.165, 1.54) is 21.5 Å². The maximum atomic E-state index is 5.23. The number of rotatable bonds is 11. The summed E-state index contributed by atoms with van der Waals surface area (Å²) in [7, 11) is 0. The van der Waals surface area contributed by atoms with Gasteiger partial charge < -0.3 is 0 Å². The molecule has 0 saturated heterocycles. The lowest BCUT2D eigenvalue weighted by molar-refractivity contribution is 1.06. The van der Waals surface area contributed by atoms with Gasteiger partial charge in [0.25, 0.3) is 0 Å². The van der Waals surface area contributed by atoms with Crippen molar-refractivity contribution in [3.05, 3.63) is 364 Å². The molecule has 512 valence electrons. The van der Waals surface area contributed by atoms with Gasteiger partial charge in [0.2, 0.25) is 0 Å². The molecule has 0 spiro atoms. The summed E-state index contributed by atoms with van der Waals surface area (Å²) in [5.74, 6) is 3.48. The molecule has 8 heterocycles. The zero-order valence-electron chi connectivity index (χ0n) is 59.0. The lowest BCUT2D eigenvalue weighted by Gasteiger charge is -2.12. The summed E-state index contributed by atoms with van der Waals surface area (Å²) in [6, 6.07) is 123. The number of benzene rings is 13. The van der Waals surface area contributed by atoms with Crippen LogP contribution in [0.15, 0.2) is 364 Å². The Bertz CT molecular complexity index is 7030. The first-order valence-electron chi connectivity index (χ1n) is 36.5. The molecule has 0 aliphatic rings. The van der Waals surface area contributed by atoms with Crippen molar-refractivity contribution in [1.29, 1.82) is 0 Å². The molecular weight excluding hydrogens is 1350 g/mol. The first kappa shape index (κ1) is 64.5. The Balaban J connectivity index is 0.000000145. The van der Waals surface area contributed by atoms with E-state index in [9.17, 15) is 0 Å². The van der Waals surface area contributed by atoms with E-state index in [-0.39, 0.29) is 0 Å². The second kappa shape index (κ2) is 27.7. The van der Waals surface area contributed by atoms with Gasteiger partial charge in [-0.15, -0.1) is 0 Å². The van der Waals surface area contributed by atoms with Crippen molar-refractivity contribution >= 4 is 87.0 Å². The number of aromatic nitrogens is 12. The summed E-state index contributed by atoms with van der Waals surface area (Å²) in [4.78, 5) is 59.5. The van der Waals surface area contributed by atoms with Gasteiger partial charge in [-0.1, -0.05) is 291 Å². The van der Waals surface area contributed by atoms with Crippen molar-refractivity contribution in [2.75, 3.05) is 0 Å². The SMILES string of the molecule is c1ccc(-c2nc(-c3ccccc3)nc(-c3ccc4ccc(-c5ccc6ccc(-c7cc8ccccc8c8ccccc78)nc6c5)cc4n3)n2)cc1.c1ccc(-c2nc(-c3ccccc3)nc(-c3ccc4ccc(-c5ccc6ccc(-c7ccc(-c8ccc9ccc%10cccnc%10c9n8)cc7)nc6c5)cc4n3)n2)cc1. The lowest BCUT2D eigenvalue weighted by Crippen LogP contribution is -2.01. The standard InChI is InChI=1S/C51H31N7.C47H29N5/c1-3-8-38(9-4-1)49-56-50(39-10-5-2-6-11-39)58-51(57-49)44-28-24-35-18-22-41(31-46(35)54-44)40-21-17-34-23-26-42(53-45(34)30-40)32-13-15-33(16-14-32)43-27-25-37-20-19-36-12-7-29-52-47(36)48(37)55-43;1-3-11-32(12-4-1)45-50-46(33-13-5-2-6-14-33)52-47(51-45)42-26-24-31-20-22-35(29-44(31)49-42)34-21-19-30-23-25-41(48-43(30)28-34)40-27-36-15-7-8-16-37(36)38-17-9-10-18-39(38)40/h1-31H;1-29H. The van der Waals surface area contributed by atoms with Crippen LogP contribution in [-0.2, 0) is 0 Å². The maximum absolute atomic E-state index is 5.23. The normalized spacial score (nSPS) is 11.5. The summed E-state index contributed by atoms with van der Waals surface area (Å²) in [6.45, 7) is 0. The Morgan fingerprint density at radius 3 is 0.918 bits per heavy atom. The first-order chi connectivity index (χ1) is 54.4. The summed E-state index contributed by atoms with van der Waals surface area (Å²) in [6.07, 6.45) is 1.82. The average molecular weight is 1410 g/mol. The van der Waals surface area contributed by atoms with Crippen LogP contribution in [0.4, 0.5) is 0 Å². The predicted molar refractivity (Wildman–Crippen MR) is 446 cm³/mol. The van der Waals surface area contributed by atoms with Gasteiger partial charge in [0.1, 0.15) is 11.4 Å². The van der Waals surface area contributed by atoms with Gasteiger partial charge in [-0.2, -0.15) is 0 Å². The van der Waals surface area contributed by atoms with Crippen LogP contribution in [0.2, 0.25) is 0 Å². The number of pyridine rings is 6. The molecule has 12 heteroatoms. The fourth-order valence-corrected chi connectivity index (χ4v) is 14.6. The van der Waals surface area contributed by atoms with Crippen LogP contribution < -0.4 is 0 Å². The van der Waals surface area contributed by atoms with Crippen LogP contribution in [0.3, 0.4) is 0 Å². The van der Waals surface area contributed by atoms with Gasteiger partial charge in [0, 0.05) is 77.5 Å². The van der Waals surface area contributed by atoms with E-state index in [0.29, 0.717) is 46.3 Å². The first-order valence-corrected chi connectivity index (χ1v) is 36.5. The van der Waals surface area contributed by atoms with Crippen molar-refractivity contribution in [1.82, 2.24) is 59.8 Å². The minimum absolute atomic E-state index is 0.523. The molecule has 0 radical (unpaired) electrons. The Kier molecular flexibility index (Phi) is 16.2. The molecule has 0 fully saturated rings. The van der Waals surface area contributed by atoms with Crippen LogP contribution in [0.25, 0.3) is 212 Å². The van der Waals surface area contributed by atoms with Crippen molar-refractivity contribution in [2.24, 2.45) is 0 Å². The van der Waals surface area contributed by atoms with E-state index in [2.05, 4.69) is 223 Å². The molecule has 0 saturated carbocycles. The molecule has 8 aromatic heterocycles. The monoisotopic (exact) mass is 1400 g/mol. The minimum Gasteiger partial charge on any atom is -0.254 e. The van der Waals surface area contributed by atoms with E-state index < -0.39 is 0 Å². The summed E-state index contributed by atoms with van der Waals surface area (Å²) < 4.78 is 0. The Morgan fingerprint density at radius 1 is 0.155 bits per heavy atom. The molecule has 0 N–H and O–H groups in total. The molecule has 13 aromatic carbocycles. The van der Waals surface area contributed by atoms with Gasteiger partial charge >= 0.3 is 0 Å². The third-order valence-corrected chi connectivity index (χ3v) is 20.2. The predicted octanol–water partition coefficient (Wildman–Crippen LogP) is 23.7. The Labute approximate surface area is 631 Å². The van der Waals surface area contributed by atoms with Gasteiger partial charge in [-0.05, 0) is 111 Å². The number of fused-ring (bicyclic) bond motifs is 10. The highest BCUT2D eigenvalue weighted by Crippen LogP contribution is 2.38. The van der Waals surface area contributed by atoms with Gasteiger partial charge in [0.05, 0.1) is 50.2 Å². The quantitative estimate of drug-likeness (QED) is 0.113. The minimum atomic E-state index is 0.523. The van der Waals surface area contributed by atoms with Crippen molar-refractivity contribution < 1.29 is 0 Å². The lowest BCUT2D eigenvalue weighted by atomic mass is 9.95. The molecular formula is C98H60N12. The Morgan fingerprint density at radius 2 is 0.464 bits per heavy atom. The average Bonchev–Trinajstić information content (AvgIpc) is 0.750. The number of nitrogens with zero attached hydrogens (tertiary/aromatic N) is 12. The fraction of sp³-hybridized carbons (Fsp3) is 0. The van der Waals surface area contributed by atoms with E-state index in [4.69, 9.17) is 54.8 Å². The summed E-state index contributed by atoms with van der Waals surface area (Å²) >= 11 is 0. The van der Waals surface area contributed by atoms with Crippen molar-refractivity contribution in [2.45, 2.75) is 0 Å². The van der Waals surface area contributed by atoms with E-state index >= 15 is 0 Å². The summed E-state index contributed by atoms with van der Waals surface area (Å²) in [5.41, 5.74) is 20.7. The highest BCUT2D eigenvalue weighted by atomic mass is 15.1. The molecule has 0 bridgehead atoms. The van der Waals surface area contributed by atoms with Crippen LogP contribution in [-0.4, -0.2) is 59.8 Å². The highest BCUT2D eigenvalue weighted by Gasteiger charge is 2.19. The number of hydrogen-bond donors (Lipinski definition) is 0. The maximum Gasteiger partial charge on any atom is 0.182 e. The third-order valence-electron chi connectivity index (χ3n) is 20.2. The molecule has 0 aliphatic carbocycles. The van der Waals surface area contributed by atoms with E-state index in [1.807, 2.05) is 146 Å². The van der Waals surface area contributed by atoms with Gasteiger partial charge in [-0.3, -0.25) is 4.98 Å². The van der Waals surface area contributed by atoms with Crippen molar-refractivity contribution in [3.8, 4) is 125 Å². The van der Waals surface area contributed by atoms with Crippen LogP contribution in [0.1, 0.15) is 0 Å². The molecule has 12 nitrogen and oxygen atoms in total. The zero-order valence-corrected chi connectivity index (χ0v) is 59.0. The molecule has 0 amide bonds. The number of hydrogen-bond acceptors (Lipinski definition) is 12. The second-order valence-electron chi connectivity index (χ2n) is 27.2. The van der Waals surface area contributed by atoms with E-state index in [1.54, 1.807) is 0 Å². The molecule has 110 heavy (non-hydrogen) atoms. The molecule has 0 atom stereocenters. The largest absolute Gasteiger partial charge is 0.254 e. The third kappa shape index (κ3) is 12.6. The fourth-order valence-electron chi connectivity index (χ4n) is 14.6. The summed E-state index contributed by atoms with van der Waals surface area (Å²) in [5, 5.41) is 11.3. The van der Waals surface area contributed by atoms with Crippen LogP contribution in [0.5, 0.6) is 0 Å². The van der Waals surface area contributed by atoms with Gasteiger partial charge in [0.15, 0.2) is 34.9 Å². The topological polar surface area (TPSA) is 155 Å².